The summed E-state index contributed by atoms with van der Waals surface area (Å²) < 4.78 is 13.2. The van der Waals surface area contributed by atoms with E-state index in [-0.39, 0.29) is 29.4 Å². The fraction of sp³-hybridized carbons (Fsp3) is 0.333. The lowest BCUT2D eigenvalue weighted by Crippen LogP contribution is -2.40. The van der Waals surface area contributed by atoms with E-state index in [2.05, 4.69) is 15.6 Å². The Hall–Kier alpha value is -1.56. The fourth-order valence-electron chi connectivity index (χ4n) is 2.99. The van der Waals surface area contributed by atoms with Crippen molar-refractivity contribution >= 4 is 47.3 Å². The number of pyridine rings is 1. The third-order valence-electron chi connectivity index (χ3n) is 4.31. The number of nitrogens with one attached hydrogen (secondary N) is 2. The molecule has 0 saturated heterocycles. The highest BCUT2D eigenvalue weighted by atomic mass is 35.5. The summed E-state index contributed by atoms with van der Waals surface area (Å²) >= 11 is 11.6. The Morgan fingerprint density at radius 1 is 1.08 bits per heavy atom. The number of aromatic nitrogens is 1. The molecule has 0 radical (unpaired) electrons. The van der Waals surface area contributed by atoms with E-state index < -0.39 is 5.82 Å². The zero-order valence-electron chi connectivity index (χ0n) is 13.8. The van der Waals surface area contributed by atoms with Crippen molar-refractivity contribution in [3.05, 3.63) is 58.0 Å². The number of nitrogens with zero attached hydrogens (tertiary/aromatic N) is 1. The van der Waals surface area contributed by atoms with Crippen LogP contribution in [0.15, 0.2) is 36.4 Å². The van der Waals surface area contributed by atoms with Crippen LogP contribution in [-0.2, 0) is 0 Å². The molecule has 8 heteroatoms. The summed E-state index contributed by atoms with van der Waals surface area (Å²) in [4.78, 5) is 16.5. The van der Waals surface area contributed by atoms with Crippen molar-refractivity contribution in [1.82, 2.24) is 10.3 Å². The maximum absolute atomic E-state index is 13.2. The summed E-state index contributed by atoms with van der Waals surface area (Å²) in [7, 11) is 0. The Morgan fingerprint density at radius 2 is 1.77 bits per heavy atom. The average Bonchev–Trinajstić information content (AvgIpc) is 2.59. The zero-order valence-corrected chi connectivity index (χ0v) is 16.2. The standard InChI is InChI=1S/C18H18Cl2FN3O.ClH/c19-14-10-11(4-9-15(14)21)18(25)23-13-7-5-12(6-8-13)22-17-3-1-2-16(20)24-17;/h1-4,9-10,12-13H,5-8H2,(H,22,24)(H,23,25);1H/t12-,13+;. The molecule has 1 aliphatic carbocycles. The number of halogens is 4. The van der Waals surface area contributed by atoms with Crippen molar-refractivity contribution in [3.8, 4) is 0 Å². The normalized spacial score (nSPS) is 19.3. The molecule has 0 bridgehead atoms. The zero-order chi connectivity index (χ0) is 17.8. The average molecular weight is 419 g/mol. The fourth-order valence-corrected chi connectivity index (χ4v) is 3.33. The van der Waals surface area contributed by atoms with Crippen LogP contribution in [0.1, 0.15) is 36.0 Å². The van der Waals surface area contributed by atoms with Crippen LogP contribution in [0.4, 0.5) is 10.2 Å². The molecule has 0 atom stereocenters. The molecule has 1 heterocycles. The monoisotopic (exact) mass is 417 g/mol. The first-order valence-electron chi connectivity index (χ1n) is 8.16. The second-order valence-corrected chi connectivity index (χ2v) is 6.94. The number of carbonyl (C=O) groups is 1. The molecule has 0 unspecified atom stereocenters. The molecule has 2 aromatic rings. The van der Waals surface area contributed by atoms with Gasteiger partial charge in [-0.1, -0.05) is 29.3 Å². The van der Waals surface area contributed by atoms with Crippen molar-refractivity contribution in [2.24, 2.45) is 0 Å². The van der Waals surface area contributed by atoms with Gasteiger partial charge in [0.2, 0.25) is 0 Å². The molecule has 1 fully saturated rings. The van der Waals surface area contributed by atoms with Crippen LogP contribution in [0.3, 0.4) is 0 Å². The van der Waals surface area contributed by atoms with E-state index in [1.54, 1.807) is 6.07 Å². The predicted octanol–water partition coefficient (Wildman–Crippen LogP) is 5.10. The summed E-state index contributed by atoms with van der Waals surface area (Å²) in [6, 6.07) is 9.88. The summed E-state index contributed by atoms with van der Waals surface area (Å²) in [5.41, 5.74) is 0.370. The summed E-state index contributed by atoms with van der Waals surface area (Å²) in [5.74, 6) is 0.00943. The second kappa shape index (κ2) is 9.40. The van der Waals surface area contributed by atoms with Gasteiger partial charge < -0.3 is 10.6 Å². The number of rotatable bonds is 4. The van der Waals surface area contributed by atoms with Crippen LogP contribution in [0.25, 0.3) is 0 Å². The van der Waals surface area contributed by atoms with Gasteiger partial charge in [0.1, 0.15) is 16.8 Å². The topological polar surface area (TPSA) is 54.0 Å². The number of amides is 1. The van der Waals surface area contributed by atoms with Crippen molar-refractivity contribution in [2.75, 3.05) is 5.32 Å². The number of carbonyl (C=O) groups excluding carboxylic acids is 1. The largest absolute Gasteiger partial charge is 0.367 e. The number of benzene rings is 1. The van der Waals surface area contributed by atoms with Gasteiger partial charge in [-0.2, -0.15) is 0 Å². The van der Waals surface area contributed by atoms with Gasteiger partial charge in [0.15, 0.2) is 0 Å². The minimum absolute atomic E-state index is 0. The van der Waals surface area contributed by atoms with Crippen molar-refractivity contribution in [3.63, 3.8) is 0 Å². The molecule has 1 saturated carbocycles. The van der Waals surface area contributed by atoms with E-state index >= 15 is 0 Å². The van der Waals surface area contributed by atoms with Crippen LogP contribution in [0, 0.1) is 5.82 Å². The maximum Gasteiger partial charge on any atom is 0.251 e. The Bertz CT molecular complexity index is 767. The van der Waals surface area contributed by atoms with Gasteiger partial charge in [-0.25, -0.2) is 9.37 Å². The quantitative estimate of drug-likeness (QED) is 0.679. The summed E-state index contributed by atoms with van der Waals surface area (Å²) in [5, 5.41) is 6.78. The Balaban J connectivity index is 0.00000243. The highest BCUT2D eigenvalue weighted by molar-refractivity contribution is 6.31. The number of hydrogen-bond donors (Lipinski definition) is 2. The predicted molar refractivity (Wildman–Crippen MR) is 105 cm³/mol. The number of hydrogen-bond acceptors (Lipinski definition) is 3. The van der Waals surface area contributed by atoms with E-state index in [9.17, 15) is 9.18 Å². The van der Waals surface area contributed by atoms with Gasteiger partial charge in [0, 0.05) is 17.6 Å². The van der Waals surface area contributed by atoms with Gasteiger partial charge in [0.25, 0.3) is 5.91 Å². The van der Waals surface area contributed by atoms with E-state index in [0.717, 1.165) is 31.5 Å². The molecule has 1 aromatic carbocycles. The van der Waals surface area contributed by atoms with E-state index in [0.29, 0.717) is 16.8 Å². The maximum atomic E-state index is 13.2. The Kier molecular flexibility index (Phi) is 7.50. The lowest BCUT2D eigenvalue weighted by atomic mass is 9.91. The summed E-state index contributed by atoms with van der Waals surface area (Å²) in [6.07, 6.45) is 3.56. The lowest BCUT2D eigenvalue weighted by Gasteiger charge is -2.30. The first kappa shape index (κ1) is 20.7. The summed E-state index contributed by atoms with van der Waals surface area (Å²) in [6.45, 7) is 0. The van der Waals surface area contributed by atoms with Crippen molar-refractivity contribution in [1.29, 1.82) is 0 Å². The van der Waals surface area contributed by atoms with Gasteiger partial charge in [-0.3, -0.25) is 4.79 Å². The molecule has 26 heavy (non-hydrogen) atoms. The van der Waals surface area contributed by atoms with Gasteiger partial charge in [-0.15, -0.1) is 12.4 Å². The van der Waals surface area contributed by atoms with Crippen LogP contribution >= 0.6 is 35.6 Å². The van der Waals surface area contributed by atoms with Crippen LogP contribution in [-0.4, -0.2) is 23.0 Å². The molecule has 4 nitrogen and oxygen atoms in total. The van der Waals surface area contributed by atoms with Crippen molar-refractivity contribution in [2.45, 2.75) is 37.8 Å². The van der Waals surface area contributed by atoms with E-state index in [4.69, 9.17) is 23.2 Å². The molecule has 1 aromatic heterocycles. The molecule has 0 aliphatic heterocycles. The lowest BCUT2D eigenvalue weighted by molar-refractivity contribution is 0.0926. The van der Waals surface area contributed by atoms with E-state index in [1.165, 1.54) is 18.2 Å². The second-order valence-electron chi connectivity index (χ2n) is 6.14. The van der Waals surface area contributed by atoms with Crippen LogP contribution in [0.2, 0.25) is 10.2 Å². The molecule has 1 aliphatic rings. The SMILES string of the molecule is Cl.O=C(N[C@H]1CC[C@@H](Nc2cccc(Cl)n2)CC1)c1ccc(F)c(Cl)c1. The highest BCUT2D eigenvalue weighted by Gasteiger charge is 2.23. The van der Waals surface area contributed by atoms with Crippen molar-refractivity contribution < 1.29 is 9.18 Å². The smallest absolute Gasteiger partial charge is 0.251 e. The molecule has 0 spiro atoms. The first-order chi connectivity index (χ1) is 12.0. The van der Waals surface area contributed by atoms with Gasteiger partial charge >= 0.3 is 0 Å². The van der Waals surface area contributed by atoms with Crippen LogP contribution in [0.5, 0.6) is 0 Å². The third kappa shape index (κ3) is 5.47. The third-order valence-corrected chi connectivity index (χ3v) is 4.81. The molecule has 3 rings (SSSR count). The van der Waals surface area contributed by atoms with Gasteiger partial charge in [-0.05, 0) is 56.0 Å². The molecule has 2 N–H and O–H groups in total. The minimum Gasteiger partial charge on any atom is -0.367 e. The molecule has 140 valence electrons. The minimum atomic E-state index is -0.528. The molecule has 1 amide bonds. The first-order valence-corrected chi connectivity index (χ1v) is 8.92. The van der Waals surface area contributed by atoms with Crippen LogP contribution < -0.4 is 10.6 Å². The highest BCUT2D eigenvalue weighted by Crippen LogP contribution is 2.23. The Morgan fingerprint density at radius 3 is 2.42 bits per heavy atom. The Labute approximate surface area is 167 Å². The number of anilines is 1. The molecular formula is C18H19Cl3FN3O. The van der Waals surface area contributed by atoms with Gasteiger partial charge in [0.05, 0.1) is 5.02 Å². The molecular weight excluding hydrogens is 400 g/mol. The van der Waals surface area contributed by atoms with E-state index in [1.807, 2.05) is 12.1 Å².